The molecular weight excluding hydrogens is 447 g/mol. The molecule has 180 valence electrons. The lowest BCUT2D eigenvalue weighted by atomic mass is 10.1. The van der Waals surface area contributed by atoms with E-state index in [2.05, 4.69) is 5.32 Å². The zero-order chi connectivity index (χ0) is 24.8. The van der Waals surface area contributed by atoms with Gasteiger partial charge in [-0.2, -0.15) is 12.7 Å². The largest absolute Gasteiger partial charge is 0.355 e. The van der Waals surface area contributed by atoms with Crippen molar-refractivity contribution in [1.29, 1.82) is 0 Å². The van der Waals surface area contributed by atoms with E-state index < -0.39 is 34.5 Å². The van der Waals surface area contributed by atoms with Crippen LogP contribution in [0.2, 0.25) is 0 Å². The fourth-order valence-electron chi connectivity index (χ4n) is 3.27. The van der Waals surface area contributed by atoms with Crippen LogP contribution in [0.15, 0.2) is 48.5 Å². The highest BCUT2D eigenvalue weighted by Gasteiger charge is 2.33. The Balaban J connectivity index is 2.47. The molecule has 2 aromatic carbocycles. The highest BCUT2D eigenvalue weighted by atomic mass is 32.2. The summed E-state index contributed by atoms with van der Waals surface area (Å²) >= 11 is 0. The average molecular weight is 479 g/mol. The monoisotopic (exact) mass is 478 g/mol. The molecule has 10 heteroatoms. The maximum Gasteiger partial charge on any atom is 0.304 e. The van der Waals surface area contributed by atoms with Crippen LogP contribution in [0, 0.1) is 12.7 Å². The van der Waals surface area contributed by atoms with E-state index in [1.807, 2.05) is 31.2 Å². The first-order valence-corrected chi connectivity index (χ1v) is 12.0. The third kappa shape index (κ3) is 6.52. The summed E-state index contributed by atoms with van der Waals surface area (Å²) in [5, 5.41) is 2.69. The third-order valence-electron chi connectivity index (χ3n) is 5.09. The molecule has 33 heavy (non-hydrogen) atoms. The number of nitrogens with one attached hydrogen (secondary N) is 1. The van der Waals surface area contributed by atoms with Crippen molar-refractivity contribution >= 4 is 27.7 Å². The lowest BCUT2D eigenvalue weighted by molar-refractivity contribution is -0.139. The molecule has 0 fully saturated rings. The van der Waals surface area contributed by atoms with Gasteiger partial charge < -0.3 is 10.2 Å². The number of amides is 2. The number of carbonyl (C=O) groups is 2. The van der Waals surface area contributed by atoms with Crippen molar-refractivity contribution in [1.82, 2.24) is 14.5 Å². The van der Waals surface area contributed by atoms with E-state index in [9.17, 15) is 22.4 Å². The zero-order valence-corrected chi connectivity index (χ0v) is 20.4. The summed E-state index contributed by atoms with van der Waals surface area (Å²) in [6, 6.07) is 11.9. The van der Waals surface area contributed by atoms with Gasteiger partial charge in [-0.1, -0.05) is 42.0 Å². The van der Waals surface area contributed by atoms with E-state index >= 15 is 0 Å². The van der Waals surface area contributed by atoms with E-state index in [0.29, 0.717) is 6.54 Å². The molecule has 2 rings (SSSR count). The smallest absolute Gasteiger partial charge is 0.304 e. The highest BCUT2D eigenvalue weighted by Crippen LogP contribution is 2.24. The van der Waals surface area contributed by atoms with Crippen molar-refractivity contribution in [2.45, 2.75) is 33.4 Å². The molecule has 0 spiro atoms. The zero-order valence-electron chi connectivity index (χ0n) is 19.6. The number of rotatable bonds is 10. The molecule has 2 amide bonds. The molecule has 0 aromatic heterocycles. The van der Waals surface area contributed by atoms with Gasteiger partial charge in [0.1, 0.15) is 18.4 Å². The SMILES string of the molecule is CCNC(=O)C(C)N(Cc1cccc(C)c1)C(=O)CN(c1ccccc1F)S(=O)(=O)N(C)C. The number of halogens is 1. The maximum atomic E-state index is 14.5. The minimum absolute atomic E-state index is 0.0892. The number of likely N-dealkylation sites (N-methyl/N-ethyl adjacent to an activating group) is 1. The lowest BCUT2D eigenvalue weighted by Gasteiger charge is -2.32. The van der Waals surface area contributed by atoms with E-state index in [-0.39, 0.29) is 18.1 Å². The molecule has 0 bridgehead atoms. The second-order valence-electron chi connectivity index (χ2n) is 7.83. The first-order valence-electron chi connectivity index (χ1n) is 10.6. The van der Waals surface area contributed by atoms with Crippen LogP contribution in [0.4, 0.5) is 10.1 Å². The second kappa shape index (κ2) is 11.2. The quantitative estimate of drug-likeness (QED) is 0.568. The summed E-state index contributed by atoms with van der Waals surface area (Å²) in [4.78, 5) is 27.3. The standard InChI is InChI=1S/C23H31FN4O4S/c1-6-25-23(30)18(3)27(15-19-11-9-10-17(2)14-19)22(29)16-28(33(31,32)26(4)5)21-13-8-7-12-20(21)24/h7-14,18H,6,15-16H2,1-5H3,(H,25,30). The number of carbonyl (C=O) groups excluding carboxylic acids is 2. The number of aryl methyl sites for hydroxylation is 1. The van der Waals surface area contributed by atoms with E-state index in [1.54, 1.807) is 13.8 Å². The third-order valence-corrected chi connectivity index (χ3v) is 6.90. The fourth-order valence-corrected chi connectivity index (χ4v) is 4.33. The fraction of sp³-hybridized carbons (Fsp3) is 0.391. The first kappa shape index (κ1) is 26.3. The molecular formula is C23H31FN4O4S. The molecule has 0 saturated heterocycles. The van der Waals surface area contributed by atoms with Crippen molar-refractivity contribution in [3.05, 3.63) is 65.5 Å². The number of nitrogens with zero attached hydrogens (tertiary/aromatic N) is 3. The average Bonchev–Trinajstić information content (AvgIpc) is 2.75. The summed E-state index contributed by atoms with van der Waals surface area (Å²) in [6.45, 7) is 5.05. The number of benzene rings is 2. The van der Waals surface area contributed by atoms with Crippen LogP contribution in [-0.4, -0.2) is 62.7 Å². The van der Waals surface area contributed by atoms with Gasteiger partial charge in [0.05, 0.1) is 5.69 Å². The van der Waals surface area contributed by atoms with Crippen LogP contribution < -0.4 is 9.62 Å². The van der Waals surface area contributed by atoms with Crippen LogP contribution >= 0.6 is 0 Å². The lowest BCUT2D eigenvalue weighted by Crippen LogP contribution is -2.52. The number of hydrogen-bond acceptors (Lipinski definition) is 4. The molecule has 0 heterocycles. The number of para-hydroxylation sites is 1. The van der Waals surface area contributed by atoms with Gasteiger partial charge in [-0.25, -0.2) is 8.70 Å². The Morgan fingerprint density at radius 3 is 2.33 bits per heavy atom. The van der Waals surface area contributed by atoms with Crippen molar-refractivity contribution in [3.63, 3.8) is 0 Å². The van der Waals surface area contributed by atoms with Crippen molar-refractivity contribution in [2.24, 2.45) is 0 Å². The molecule has 1 N–H and O–H groups in total. The van der Waals surface area contributed by atoms with Crippen molar-refractivity contribution in [2.75, 3.05) is 31.5 Å². The molecule has 8 nitrogen and oxygen atoms in total. The molecule has 1 unspecified atom stereocenters. The number of hydrogen-bond donors (Lipinski definition) is 1. The Bertz CT molecular complexity index is 1090. The molecule has 0 aliphatic rings. The predicted octanol–water partition coefficient (Wildman–Crippen LogP) is 2.30. The van der Waals surface area contributed by atoms with Gasteiger partial charge in [0.15, 0.2) is 0 Å². The highest BCUT2D eigenvalue weighted by molar-refractivity contribution is 7.90. The summed E-state index contributed by atoms with van der Waals surface area (Å²) in [6.07, 6.45) is 0. The van der Waals surface area contributed by atoms with E-state index in [1.165, 1.54) is 37.2 Å². The normalized spacial score (nSPS) is 12.3. The molecule has 0 radical (unpaired) electrons. The summed E-state index contributed by atoms with van der Waals surface area (Å²) < 4.78 is 42.1. The first-order chi connectivity index (χ1) is 15.5. The van der Waals surface area contributed by atoms with Gasteiger partial charge in [0, 0.05) is 27.2 Å². The van der Waals surface area contributed by atoms with Crippen molar-refractivity contribution in [3.8, 4) is 0 Å². The van der Waals surface area contributed by atoms with Crippen LogP contribution in [-0.2, 0) is 26.3 Å². The Kier molecular flexibility index (Phi) is 8.95. The molecule has 0 aliphatic carbocycles. The Hall–Kier alpha value is -2.98. The molecule has 1 atom stereocenters. The summed E-state index contributed by atoms with van der Waals surface area (Å²) in [7, 11) is -1.60. The summed E-state index contributed by atoms with van der Waals surface area (Å²) in [5.41, 5.74) is 1.52. The van der Waals surface area contributed by atoms with Gasteiger partial charge in [-0.05, 0) is 38.5 Å². The van der Waals surface area contributed by atoms with Crippen LogP contribution in [0.3, 0.4) is 0 Å². The van der Waals surface area contributed by atoms with E-state index in [0.717, 1.165) is 25.8 Å². The Labute approximate surface area is 195 Å². The molecule has 0 saturated carbocycles. The number of anilines is 1. The van der Waals surface area contributed by atoms with Crippen LogP contribution in [0.1, 0.15) is 25.0 Å². The van der Waals surface area contributed by atoms with Crippen LogP contribution in [0.5, 0.6) is 0 Å². The van der Waals surface area contributed by atoms with Gasteiger partial charge in [-0.15, -0.1) is 0 Å². The molecule has 2 aromatic rings. The maximum absolute atomic E-state index is 14.5. The van der Waals surface area contributed by atoms with Gasteiger partial charge in [0.2, 0.25) is 11.8 Å². The van der Waals surface area contributed by atoms with Gasteiger partial charge in [-0.3, -0.25) is 9.59 Å². The second-order valence-corrected chi connectivity index (χ2v) is 9.90. The predicted molar refractivity (Wildman–Crippen MR) is 126 cm³/mol. The Morgan fingerprint density at radius 2 is 1.76 bits per heavy atom. The topological polar surface area (TPSA) is 90.0 Å². The van der Waals surface area contributed by atoms with Gasteiger partial charge in [0.25, 0.3) is 0 Å². The molecule has 0 aliphatic heterocycles. The van der Waals surface area contributed by atoms with E-state index in [4.69, 9.17) is 0 Å². The van der Waals surface area contributed by atoms with Crippen molar-refractivity contribution < 1.29 is 22.4 Å². The Morgan fingerprint density at radius 1 is 1.09 bits per heavy atom. The summed E-state index contributed by atoms with van der Waals surface area (Å²) in [5.74, 6) is -1.78. The van der Waals surface area contributed by atoms with Crippen LogP contribution in [0.25, 0.3) is 0 Å². The minimum atomic E-state index is -4.20. The van der Waals surface area contributed by atoms with Gasteiger partial charge >= 0.3 is 10.2 Å². The minimum Gasteiger partial charge on any atom is -0.355 e.